The minimum Gasteiger partial charge on any atom is -0.394 e. The summed E-state index contributed by atoms with van der Waals surface area (Å²) in [6.07, 6.45) is 0.504. The number of carbonyl (C=O) groups excluding carboxylic acids is 2. The number of amides is 3. The molecule has 1 atom stereocenters. The molecule has 0 aliphatic rings. The molecule has 0 spiro atoms. The Hall–Kier alpha value is -3.46. The first kappa shape index (κ1) is 20.8. The molecule has 4 N–H and O–H groups in total. The summed E-state index contributed by atoms with van der Waals surface area (Å²) in [7, 11) is 0. The molecular weight excluding hydrogens is 364 g/mol. The number of anilines is 1. The van der Waals surface area contributed by atoms with Crippen molar-refractivity contribution < 1.29 is 19.6 Å². The summed E-state index contributed by atoms with van der Waals surface area (Å²) in [4.78, 5) is 34.2. The van der Waals surface area contributed by atoms with E-state index in [2.05, 4.69) is 16.0 Å². The maximum atomic E-state index is 12.0. The summed E-state index contributed by atoms with van der Waals surface area (Å²) in [6, 6.07) is 14.2. The maximum absolute atomic E-state index is 12.0. The van der Waals surface area contributed by atoms with E-state index in [9.17, 15) is 24.8 Å². The van der Waals surface area contributed by atoms with E-state index in [-0.39, 0.29) is 36.9 Å². The Morgan fingerprint density at radius 3 is 2.43 bits per heavy atom. The van der Waals surface area contributed by atoms with Gasteiger partial charge in [0, 0.05) is 19.0 Å². The van der Waals surface area contributed by atoms with Crippen LogP contribution >= 0.6 is 0 Å². The molecule has 2 aromatic rings. The van der Waals surface area contributed by atoms with Gasteiger partial charge in [-0.05, 0) is 18.1 Å². The van der Waals surface area contributed by atoms with Crippen LogP contribution in [-0.4, -0.2) is 41.2 Å². The highest BCUT2D eigenvalue weighted by Crippen LogP contribution is 2.22. The van der Waals surface area contributed by atoms with Crippen molar-refractivity contribution in [2.75, 3.05) is 18.5 Å². The monoisotopic (exact) mass is 386 g/mol. The number of nitro groups is 1. The zero-order valence-corrected chi connectivity index (χ0v) is 15.1. The van der Waals surface area contributed by atoms with E-state index in [1.807, 2.05) is 30.3 Å². The zero-order chi connectivity index (χ0) is 20.4. The highest BCUT2D eigenvalue weighted by molar-refractivity contribution is 5.92. The van der Waals surface area contributed by atoms with E-state index in [4.69, 9.17) is 0 Å². The highest BCUT2D eigenvalue weighted by atomic mass is 16.6. The standard InChI is InChI=1S/C19H22N4O5/c24-13-15(12-14-6-2-1-3-7-14)21-18(25)10-11-20-19(26)22-16-8-4-5-9-17(16)23(27)28/h1-9,15,24H,10-13H2,(H,21,25)(H2,20,22,26)/t15-/m0/s1. The minimum atomic E-state index is -0.648. The second-order valence-corrected chi connectivity index (χ2v) is 6.04. The smallest absolute Gasteiger partial charge is 0.319 e. The number of rotatable bonds is 9. The third-order valence-electron chi connectivity index (χ3n) is 3.90. The number of aliphatic hydroxyl groups excluding tert-OH is 1. The largest absolute Gasteiger partial charge is 0.394 e. The van der Waals surface area contributed by atoms with Crippen LogP contribution in [0.4, 0.5) is 16.2 Å². The van der Waals surface area contributed by atoms with Crippen LogP contribution in [0.3, 0.4) is 0 Å². The Kier molecular flexibility index (Phi) is 7.92. The molecule has 28 heavy (non-hydrogen) atoms. The van der Waals surface area contributed by atoms with Gasteiger partial charge in [0.15, 0.2) is 0 Å². The first-order valence-corrected chi connectivity index (χ1v) is 8.72. The Morgan fingerprint density at radius 1 is 1.07 bits per heavy atom. The van der Waals surface area contributed by atoms with E-state index < -0.39 is 17.0 Å². The van der Waals surface area contributed by atoms with Crippen LogP contribution in [0.2, 0.25) is 0 Å². The lowest BCUT2D eigenvalue weighted by Gasteiger charge is -2.16. The van der Waals surface area contributed by atoms with Gasteiger partial charge in [-0.15, -0.1) is 0 Å². The van der Waals surface area contributed by atoms with Crippen LogP contribution in [0.5, 0.6) is 0 Å². The fourth-order valence-corrected chi connectivity index (χ4v) is 2.55. The van der Waals surface area contributed by atoms with Crippen molar-refractivity contribution in [2.24, 2.45) is 0 Å². The molecule has 0 unspecified atom stereocenters. The molecule has 0 bridgehead atoms. The van der Waals surface area contributed by atoms with Crippen molar-refractivity contribution >= 4 is 23.3 Å². The maximum Gasteiger partial charge on any atom is 0.319 e. The van der Waals surface area contributed by atoms with E-state index in [0.29, 0.717) is 6.42 Å². The second-order valence-electron chi connectivity index (χ2n) is 6.04. The fraction of sp³-hybridized carbons (Fsp3) is 0.263. The third kappa shape index (κ3) is 6.69. The molecule has 0 aromatic heterocycles. The predicted molar refractivity (Wildman–Crippen MR) is 104 cm³/mol. The van der Waals surface area contributed by atoms with Crippen LogP contribution in [0.1, 0.15) is 12.0 Å². The normalized spacial score (nSPS) is 11.3. The Labute approximate surface area is 161 Å². The Balaban J connectivity index is 1.75. The minimum absolute atomic E-state index is 0.00952. The van der Waals surface area contributed by atoms with Crippen molar-refractivity contribution in [3.05, 3.63) is 70.3 Å². The molecule has 2 rings (SSSR count). The van der Waals surface area contributed by atoms with Gasteiger partial charge in [-0.2, -0.15) is 0 Å². The molecule has 9 heteroatoms. The third-order valence-corrected chi connectivity index (χ3v) is 3.90. The summed E-state index contributed by atoms with van der Waals surface area (Å²) < 4.78 is 0. The van der Waals surface area contributed by atoms with E-state index >= 15 is 0 Å². The molecule has 0 saturated carbocycles. The number of hydrogen-bond acceptors (Lipinski definition) is 5. The molecule has 0 heterocycles. The van der Waals surface area contributed by atoms with Gasteiger partial charge in [0.25, 0.3) is 5.69 Å². The van der Waals surface area contributed by atoms with Crippen molar-refractivity contribution in [3.63, 3.8) is 0 Å². The topological polar surface area (TPSA) is 134 Å². The Bertz CT molecular complexity index is 813. The van der Waals surface area contributed by atoms with Crippen LogP contribution in [0.15, 0.2) is 54.6 Å². The van der Waals surface area contributed by atoms with Gasteiger partial charge in [-0.25, -0.2) is 4.79 Å². The van der Waals surface area contributed by atoms with Gasteiger partial charge >= 0.3 is 6.03 Å². The number of para-hydroxylation sites is 2. The molecule has 0 aliphatic carbocycles. The van der Waals surface area contributed by atoms with Crippen LogP contribution < -0.4 is 16.0 Å². The van der Waals surface area contributed by atoms with Gasteiger partial charge in [0.1, 0.15) is 5.69 Å². The number of nitro benzene ring substituents is 1. The molecule has 148 valence electrons. The van der Waals surface area contributed by atoms with Gasteiger partial charge in [0.2, 0.25) is 5.91 Å². The van der Waals surface area contributed by atoms with Crippen LogP contribution in [0.25, 0.3) is 0 Å². The number of nitrogens with zero attached hydrogens (tertiary/aromatic N) is 1. The average Bonchev–Trinajstić information content (AvgIpc) is 2.68. The van der Waals surface area contributed by atoms with Gasteiger partial charge < -0.3 is 21.1 Å². The van der Waals surface area contributed by atoms with Crippen molar-refractivity contribution in [1.29, 1.82) is 0 Å². The zero-order valence-electron chi connectivity index (χ0n) is 15.1. The highest BCUT2D eigenvalue weighted by Gasteiger charge is 2.15. The van der Waals surface area contributed by atoms with Crippen molar-refractivity contribution in [3.8, 4) is 0 Å². The summed E-state index contributed by atoms with van der Waals surface area (Å²) in [6.45, 7) is -0.159. The van der Waals surface area contributed by atoms with Crippen LogP contribution in [0, 0.1) is 10.1 Å². The van der Waals surface area contributed by atoms with E-state index in [1.165, 1.54) is 18.2 Å². The average molecular weight is 386 g/mol. The summed E-state index contributed by atoms with van der Waals surface area (Å²) in [5.41, 5.74) is 0.837. The number of carbonyl (C=O) groups is 2. The van der Waals surface area contributed by atoms with Crippen molar-refractivity contribution in [1.82, 2.24) is 10.6 Å². The lowest BCUT2D eigenvalue weighted by atomic mass is 10.1. The number of hydrogen-bond donors (Lipinski definition) is 4. The second kappa shape index (κ2) is 10.6. The summed E-state index contributed by atoms with van der Waals surface area (Å²) in [5, 5.41) is 27.9. The van der Waals surface area contributed by atoms with Crippen LogP contribution in [-0.2, 0) is 11.2 Å². The van der Waals surface area contributed by atoms with E-state index in [0.717, 1.165) is 5.56 Å². The van der Waals surface area contributed by atoms with E-state index in [1.54, 1.807) is 6.07 Å². The number of benzene rings is 2. The first-order chi connectivity index (χ1) is 13.5. The summed E-state index contributed by atoms with van der Waals surface area (Å²) >= 11 is 0. The SMILES string of the molecule is O=C(CCNC(=O)Nc1ccccc1[N+](=O)[O-])N[C@H](CO)Cc1ccccc1. The molecule has 3 amide bonds. The quantitative estimate of drug-likeness (QED) is 0.385. The number of nitrogens with one attached hydrogen (secondary N) is 3. The molecule has 2 aromatic carbocycles. The lowest BCUT2D eigenvalue weighted by Crippen LogP contribution is -2.41. The fourth-order valence-electron chi connectivity index (χ4n) is 2.55. The predicted octanol–water partition coefficient (Wildman–Crippen LogP) is 1.83. The molecule has 0 radical (unpaired) electrons. The molecular formula is C19H22N4O5. The van der Waals surface area contributed by atoms with Gasteiger partial charge in [0.05, 0.1) is 17.6 Å². The number of urea groups is 1. The molecule has 0 saturated heterocycles. The first-order valence-electron chi connectivity index (χ1n) is 8.72. The van der Waals surface area contributed by atoms with Gasteiger partial charge in [-0.3, -0.25) is 14.9 Å². The van der Waals surface area contributed by atoms with Crippen molar-refractivity contribution in [2.45, 2.75) is 18.9 Å². The number of aliphatic hydroxyl groups is 1. The molecule has 0 fully saturated rings. The Morgan fingerprint density at radius 2 is 1.75 bits per heavy atom. The summed E-state index contributed by atoms with van der Waals surface area (Å²) in [5.74, 6) is -0.319. The lowest BCUT2D eigenvalue weighted by molar-refractivity contribution is -0.383. The molecule has 0 aliphatic heterocycles. The van der Waals surface area contributed by atoms with Gasteiger partial charge in [-0.1, -0.05) is 42.5 Å². The molecule has 9 nitrogen and oxygen atoms in total.